The molecule has 1 atom stereocenters. The second-order valence-electron chi connectivity index (χ2n) is 7.62. The molecule has 2 heterocycles. The summed E-state index contributed by atoms with van der Waals surface area (Å²) >= 11 is 0. The Morgan fingerprint density at radius 1 is 1.03 bits per heavy atom. The number of aromatic nitrogens is 2. The Balaban J connectivity index is 0.00000256. The van der Waals surface area contributed by atoms with Crippen LogP contribution in [0.3, 0.4) is 0 Å². The van der Waals surface area contributed by atoms with Crippen LogP contribution in [0.15, 0.2) is 42.7 Å². The zero-order valence-electron chi connectivity index (χ0n) is 18.3. The number of rotatable bonds is 9. The fourth-order valence-electron chi connectivity index (χ4n) is 3.58. The molecule has 1 unspecified atom stereocenters. The minimum Gasteiger partial charge on any atom is -0.370 e. The first-order chi connectivity index (χ1) is 14.5. The number of hydrogen-bond acceptors (Lipinski definition) is 6. The number of nitrogens with zero attached hydrogens (tertiary/aromatic N) is 4. The van der Waals surface area contributed by atoms with Crippen molar-refractivity contribution in [2.45, 2.75) is 32.9 Å². The molecule has 3 rings (SSSR count). The normalized spacial score (nSPS) is 14.6. The summed E-state index contributed by atoms with van der Waals surface area (Å²) in [5.74, 6) is -0.134. The molecule has 1 aromatic carbocycles. The summed E-state index contributed by atoms with van der Waals surface area (Å²) in [5.41, 5.74) is 7.49. The first-order valence-corrected chi connectivity index (χ1v) is 10.4. The lowest BCUT2D eigenvalue weighted by molar-refractivity contribution is -0.129. The number of nitrogens with one attached hydrogen (secondary N) is 1. The van der Waals surface area contributed by atoms with E-state index in [1.54, 1.807) is 12.4 Å². The van der Waals surface area contributed by atoms with Crippen molar-refractivity contribution in [3.8, 4) is 0 Å². The summed E-state index contributed by atoms with van der Waals surface area (Å²) in [7, 11) is 0. The lowest BCUT2D eigenvalue weighted by Crippen LogP contribution is -2.46. The summed E-state index contributed by atoms with van der Waals surface area (Å²) in [4.78, 5) is 36.6. The van der Waals surface area contributed by atoms with Gasteiger partial charge in [-0.25, -0.2) is 9.97 Å². The number of anilines is 1. The topological polar surface area (TPSA) is 104 Å². The maximum absolute atomic E-state index is 12.2. The average molecular weight is 483 g/mol. The quantitative estimate of drug-likeness (QED) is 0.567. The molecule has 8 nitrogen and oxygen atoms in total. The third kappa shape index (κ3) is 8.26. The van der Waals surface area contributed by atoms with E-state index in [9.17, 15) is 9.59 Å². The van der Waals surface area contributed by atoms with Crippen molar-refractivity contribution in [2.24, 2.45) is 11.7 Å². The molecule has 1 aliphatic rings. The van der Waals surface area contributed by atoms with Crippen molar-refractivity contribution in [1.82, 2.24) is 20.2 Å². The van der Waals surface area contributed by atoms with Gasteiger partial charge < -0.3 is 16.0 Å². The van der Waals surface area contributed by atoms with Crippen LogP contribution in [0.4, 0.5) is 5.95 Å². The van der Waals surface area contributed by atoms with E-state index in [-0.39, 0.29) is 43.1 Å². The first-order valence-electron chi connectivity index (χ1n) is 10.4. The number of primary amides is 1. The van der Waals surface area contributed by atoms with Gasteiger partial charge in [-0.1, -0.05) is 31.2 Å². The lowest BCUT2D eigenvalue weighted by Gasteiger charge is -2.34. The molecule has 176 valence electrons. The fraction of sp³-hybridized carbons (Fsp3) is 0.455. The molecule has 1 aromatic heterocycles. The van der Waals surface area contributed by atoms with Crippen LogP contribution in [0.25, 0.3) is 0 Å². The van der Waals surface area contributed by atoms with Crippen molar-refractivity contribution in [3.05, 3.63) is 53.9 Å². The van der Waals surface area contributed by atoms with Crippen molar-refractivity contribution in [2.75, 3.05) is 31.1 Å². The summed E-state index contributed by atoms with van der Waals surface area (Å²) < 4.78 is 0. The standard InChI is InChI=1S/C22H30N6O2.2ClH/c1-2-19(14-20(23)29)21(30)26-15-17-4-6-18(7-5-17)16-27-10-12-28(13-11-27)22-24-8-3-9-25-22;;/h3-9,19H,2,10-16H2,1H3,(H2,23,29)(H,26,30);2*1H. The molecular weight excluding hydrogens is 451 g/mol. The molecule has 0 aliphatic carbocycles. The molecule has 32 heavy (non-hydrogen) atoms. The van der Waals surface area contributed by atoms with Crippen molar-refractivity contribution < 1.29 is 9.59 Å². The Bertz CT molecular complexity index is 830. The minimum absolute atomic E-state index is 0. The van der Waals surface area contributed by atoms with Crippen molar-refractivity contribution in [1.29, 1.82) is 0 Å². The van der Waals surface area contributed by atoms with Gasteiger partial charge in [0.15, 0.2) is 0 Å². The molecule has 0 saturated carbocycles. The van der Waals surface area contributed by atoms with Gasteiger partial charge in [-0.15, -0.1) is 24.8 Å². The molecule has 10 heteroatoms. The SMILES string of the molecule is CCC(CC(N)=O)C(=O)NCc1ccc(CN2CCN(c3ncccn3)CC2)cc1.Cl.Cl. The summed E-state index contributed by atoms with van der Waals surface area (Å²) in [6, 6.07) is 10.1. The maximum Gasteiger partial charge on any atom is 0.225 e. The van der Waals surface area contributed by atoms with Crippen LogP contribution in [0.1, 0.15) is 30.9 Å². The molecular formula is C22H32Cl2N6O2. The van der Waals surface area contributed by atoms with E-state index >= 15 is 0 Å². The van der Waals surface area contributed by atoms with Crippen LogP contribution in [0, 0.1) is 5.92 Å². The highest BCUT2D eigenvalue weighted by atomic mass is 35.5. The number of hydrogen-bond donors (Lipinski definition) is 2. The van der Waals surface area contributed by atoms with Crippen LogP contribution >= 0.6 is 24.8 Å². The van der Waals surface area contributed by atoms with E-state index < -0.39 is 5.91 Å². The van der Waals surface area contributed by atoms with Gasteiger partial charge in [-0.3, -0.25) is 14.5 Å². The Hall–Kier alpha value is -2.42. The van der Waals surface area contributed by atoms with Crippen LogP contribution in [-0.2, 0) is 22.7 Å². The van der Waals surface area contributed by atoms with Gasteiger partial charge in [0, 0.05) is 64.0 Å². The Labute approximate surface area is 201 Å². The highest BCUT2D eigenvalue weighted by Gasteiger charge is 2.19. The zero-order chi connectivity index (χ0) is 21.3. The molecule has 0 spiro atoms. The highest BCUT2D eigenvalue weighted by Crippen LogP contribution is 2.14. The van der Waals surface area contributed by atoms with E-state index in [1.807, 2.05) is 25.1 Å². The Morgan fingerprint density at radius 3 is 2.19 bits per heavy atom. The fourth-order valence-corrected chi connectivity index (χ4v) is 3.58. The largest absolute Gasteiger partial charge is 0.370 e. The molecule has 2 amide bonds. The van der Waals surface area contributed by atoms with Crippen LogP contribution < -0.4 is 16.0 Å². The summed E-state index contributed by atoms with van der Waals surface area (Å²) in [6.45, 7) is 6.99. The number of nitrogens with two attached hydrogens (primary N) is 1. The third-order valence-electron chi connectivity index (χ3n) is 5.41. The first kappa shape index (κ1) is 27.6. The molecule has 1 aliphatic heterocycles. The molecule has 2 aromatic rings. The van der Waals surface area contributed by atoms with E-state index in [4.69, 9.17) is 5.73 Å². The van der Waals surface area contributed by atoms with E-state index in [0.717, 1.165) is 44.2 Å². The Morgan fingerprint density at radius 2 is 1.62 bits per heavy atom. The van der Waals surface area contributed by atoms with E-state index in [1.165, 1.54) is 5.56 Å². The predicted octanol–water partition coefficient (Wildman–Crippen LogP) is 2.16. The Kier molecular flexibility index (Phi) is 12.0. The number of carbonyl (C=O) groups excluding carboxylic acids is 2. The third-order valence-corrected chi connectivity index (χ3v) is 5.41. The molecule has 3 N–H and O–H groups in total. The monoisotopic (exact) mass is 482 g/mol. The predicted molar refractivity (Wildman–Crippen MR) is 130 cm³/mol. The van der Waals surface area contributed by atoms with Gasteiger partial charge in [-0.05, 0) is 23.6 Å². The second-order valence-corrected chi connectivity index (χ2v) is 7.62. The number of carbonyl (C=O) groups is 2. The van der Waals surface area contributed by atoms with Crippen LogP contribution in [0.2, 0.25) is 0 Å². The summed E-state index contributed by atoms with van der Waals surface area (Å²) in [5, 5.41) is 2.90. The number of amides is 2. The van der Waals surface area contributed by atoms with Crippen molar-refractivity contribution in [3.63, 3.8) is 0 Å². The van der Waals surface area contributed by atoms with Gasteiger partial charge in [0.25, 0.3) is 0 Å². The number of halogens is 2. The van der Waals surface area contributed by atoms with E-state index in [0.29, 0.717) is 13.0 Å². The average Bonchev–Trinajstić information content (AvgIpc) is 2.78. The maximum atomic E-state index is 12.2. The minimum atomic E-state index is -0.446. The van der Waals surface area contributed by atoms with E-state index in [2.05, 4.69) is 37.2 Å². The summed E-state index contributed by atoms with van der Waals surface area (Å²) in [6.07, 6.45) is 4.24. The highest BCUT2D eigenvalue weighted by molar-refractivity contribution is 5.86. The number of piperazine rings is 1. The van der Waals surface area contributed by atoms with Gasteiger partial charge >= 0.3 is 0 Å². The molecule has 0 radical (unpaired) electrons. The lowest BCUT2D eigenvalue weighted by atomic mass is 10.0. The van der Waals surface area contributed by atoms with Crippen LogP contribution in [-0.4, -0.2) is 52.9 Å². The molecule has 0 bridgehead atoms. The van der Waals surface area contributed by atoms with Gasteiger partial charge in [0.2, 0.25) is 17.8 Å². The molecule has 1 fully saturated rings. The second kappa shape index (κ2) is 13.9. The van der Waals surface area contributed by atoms with Crippen molar-refractivity contribution >= 4 is 42.6 Å². The zero-order valence-corrected chi connectivity index (χ0v) is 19.9. The smallest absolute Gasteiger partial charge is 0.225 e. The van der Waals surface area contributed by atoms with Gasteiger partial charge in [-0.2, -0.15) is 0 Å². The van der Waals surface area contributed by atoms with Gasteiger partial charge in [0.1, 0.15) is 0 Å². The number of benzene rings is 1. The van der Waals surface area contributed by atoms with Crippen LogP contribution in [0.5, 0.6) is 0 Å². The molecule has 1 saturated heterocycles. The van der Waals surface area contributed by atoms with Gasteiger partial charge in [0.05, 0.1) is 0 Å².